The van der Waals surface area contributed by atoms with Crippen LogP contribution < -0.4 is 5.32 Å². The first-order valence-corrected chi connectivity index (χ1v) is 19.5. The Morgan fingerprint density at radius 3 is 2.42 bits per heavy atom. The van der Waals surface area contributed by atoms with Crippen LogP contribution in [0, 0.1) is 35.5 Å². The largest absolute Gasteiger partial charge is 0.508 e. The van der Waals surface area contributed by atoms with E-state index in [1.54, 1.807) is 0 Å². The molecule has 266 valence electrons. The maximum Gasteiger partial charge on any atom is 0.238 e. The molecule has 1 amide bonds. The Labute approximate surface area is 290 Å². The van der Waals surface area contributed by atoms with Crippen molar-refractivity contribution in [3.8, 4) is 5.75 Å². The van der Waals surface area contributed by atoms with E-state index in [2.05, 4.69) is 82.9 Å². The van der Waals surface area contributed by atoms with Gasteiger partial charge in [-0.3, -0.25) is 9.69 Å². The van der Waals surface area contributed by atoms with Crippen molar-refractivity contribution < 1.29 is 18.3 Å². The summed E-state index contributed by atoms with van der Waals surface area (Å²) in [6, 6.07) is 13.7. The Bertz CT molecular complexity index is 1570. The molecule has 2 bridgehead atoms. The van der Waals surface area contributed by atoms with Crippen LogP contribution in [0.25, 0.3) is 0 Å². The van der Waals surface area contributed by atoms with Crippen LogP contribution >= 0.6 is 0 Å². The average Bonchev–Trinajstić information content (AvgIpc) is 3.27. The summed E-state index contributed by atoms with van der Waals surface area (Å²) in [7, 11) is 0.635. The first-order chi connectivity index (χ1) is 22.3. The number of phenolic OH excluding ortho intramolecular Hbond substituents is 1. The van der Waals surface area contributed by atoms with Crippen molar-refractivity contribution >= 4 is 15.9 Å². The molecule has 2 N–H and O–H groups in total. The minimum atomic E-state index is -3.56. The standard InChI is InChI=1S/C39H60N4O4S/c1-26-13-14-30(36(44)17-26)24-42(32(25-41(8)9)21-38(3,4)5)22-28-11-10-12-29(18-28)23-43-35(15-16-48(43,46)47)37(45)40-34-20-31-19-33(27(34)2)39(31,6)7/h10-14,17-18,27,31-35,44H,15-16,19-25H2,1-9H3,(H,40,45)/t27-,31-,32-,33+,34-,35?/m0/s1. The van der Waals surface area contributed by atoms with Gasteiger partial charge in [-0.1, -0.05) is 77.9 Å². The van der Waals surface area contributed by atoms with Crippen LogP contribution in [0.5, 0.6) is 5.75 Å². The highest BCUT2D eigenvalue weighted by atomic mass is 32.2. The zero-order valence-electron chi connectivity index (χ0n) is 30.8. The van der Waals surface area contributed by atoms with Gasteiger partial charge < -0.3 is 15.3 Å². The van der Waals surface area contributed by atoms with Crippen LogP contribution in [0.3, 0.4) is 0 Å². The van der Waals surface area contributed by atoms with E-state index >= 15 is 0 Å². The predicted molar refractivity (Wildman–Crippen MR) is 194 cm³/mol. The molecule has 1 unspecified atom stereocenters. The normalized spacial score (nSPS) is 27.2. The fraction of sp³-hybridized carbons (Fsp3) is 0.667. The van der Waals surface area contributed by atoms with Gasteiger partial charge in [0.2, 0.25) is 15.9 Å². The van der Waals surface area contributed by atoms with Crippen LogP contribution in [0.2, 0.25) is 0 Å². The minimum Gasteiger partial charge on any atom is -0.508 e. The van der Waals surface area contributed by atoms with E-state index in [0.29, 0.717) is 48.4 Å². The van der Waals surface area contributed by atoms with Crippen LogP contribution in [-0.4, -0.2) is 78.1 Å². The molecule has 4 aliphatic rings. The second-order valence-electron chi connectivity index (χ2n) is 17.3. The first-order valence-electron chi connectivity index (χ1n) is 17.9. The summed E-state index contributed by atoms with van der Waals surface area (Å²) < 4.78 is 28.1. The highest BCUT2D eigenvalue weighted by Gasteiger charge is 2.56. The molecular weight excluding hydrogens is 621 g/mol. The van der Waals surface area contributed by atoms with E-state index < -0.39 is 16.1 Å². The van der Waals surface area contributed by atoms with Gasteiger partial charge >= 0.3 is 0 Å². The van der Waals surface area contributed by atoms with Crippen LogP contribution in [-0.2, 0) is 34.5 Å². The lowest BCUT2D eigenvalue weighted by Crippen LogP contribution is -2.61. The van der Waals surface area contributed by atoms with Gasteiger partial charge in [0.1, 0.15) is 11.8 Å². The highest BCUT2D eigenvalue weighted by molar-refractivity contribution is 7.89. The molecule has 4 fully saturated rings. The number of nitrogens with zero attached hydrogens (tertiary/aromatic N) is 3. The predicted octanol–water partition coefficient (Wildman–Crippen LogP) is 6.16. The Morgan fingerprint density at radius 2 is 1.79 bits per heavy atom. The molecule has 6 atom stereocenters. The summed E-state index contributed by atoms with van der Waals surface area (Å²) in [6.07, 6.45) is 3.49. The lowest BCUT2D eigenvalue weighted by molar-refractivity contribution is -0.136. The quantitative estimate of drug-likeness (QED) is 0.279. The number of sulfonamides is 1. The van der Waals surface area contributed by atoms with E-state index in [1.165, 1.54) is 10.7 Å². The second-order valence-corrected chi connectivity index (χ2v) is 19.3. The summed E-state index contributed by atoms with van der Waals surface area (Å²) in [5.74, 6) is 1.75. The van der Waals surface area contributed by atoms with Crippen LogP contribution in [0.15, 0.2) is 42.5 Å². The number of carbonyl (C=O) groups is 1. The molecule has 3 saturated carbocycles. The summed E-state index contributed by atoms with van der Waals surface area (Å²) in [5.41, 5.74) is 4.29. The zero-order chi connectivity index (χ0) is 35.2. The Balaban J connectivity index is 1.34. The van der Waals surface area contributed by atoms with Gasteiger partial charge in [-0.05, 0) is 98.0 Å². The number of rotatable bonds is 12. The average molecular weight is 681 g/mol. The number of phenols is 1. The summed E-state index contributed by atoms with van der Waals surface area (Å²) in [5, 5.41) is 14.2. The molecule has 0 radical (unpaired) electrons. The number of nitrogens with one attached hydrogen (secondary N) is 1. The molecular formula is C39H60N4O4S. The van der Waals surface area contributed by atoms with E-state index in [4.69, 9.17) is 0 Å². The molecule has 1 aliphatic heterocycles. The van der Waals surface area contributed by atoms with Gasteiger partial charge in [-0.2, -0.15) is 4.31 Å². The van der Waals surface area contributed by atoms with Crippen molar-refractivity contribution in [2.75, 3.05) is 26.4 Å². The monoisotopic (exact) mass is 680 g/mol. The van der Waals surface area contributed by atoms with E-state index in [-0.39, 0.29) is 35.7 Å². The number of hydrogen-bond donors (Lipinski definition) is 2. The van der Waals surface area contributed by atoms with Gasteiger partial charge in [-0.15, -0.1) is 0 Å². The van der Waals surface area contributed by atoms with Crippen LogP contribution in [0.1, 0.15) is 89.5 Å². The number of benzene rings is 2. The lowest BCUT2D eigenvalue weighted by Gasteiger charge is -2.62. The molecule has 0 aromatic heterocycles. The number of amides is 1. The number of fused-ring (bicyclic) bond motifs is 2. The third-order valence-corrected chi connectivity index (χ3v) is 13.5. The molecule has 48 heavy (non-hydrogen) atoms. The van der Waals surface area contributed by atoms with Crippen molar-refractivity contribution in [3.63, 3.8) is 0 Å². The zero-order valence-corrected chi connectivity index (χ0v) is 31.6. The van der Waals surface area contributed by atoms with Gasteiger partial charge in [0.25, 0.3) is 0 Å². The highest BCUT2D eigenvalue weighted by Crippen LogP contribution is 2.61. The first kappa shape index (κ1) is 36.8. The Kier molecular flexibility index (Phi) is 10.8. The summed E-state index contributed by atoms with van der Waals surface area (Å²) in [6.45, 7) is 18.0. The fourth-order valence-corrected chi connectivity index (χ4v) is 10.5. The third-order valence-electron chi connectivity index (χ3n) is 11.6. The maximum atomic E-state index is 13.7. The number of carbonyl (C=O) groups excluding carboxylic acids is 1. The third kappa shape index (κ3) is 8.28. The van der Waals surface area contributed by atoms with Gasteiger partial charge in [0.05, 0.1) is 5.75 Å². The topological polar surface area (TPSA) is 93.2 Å². The number of hydrogen-bond acceptors (Lipinski definition) is 6. The fourth-order valence-electron chi connectivity index (χ4n) is 8.82. The molecule has 1 heterocycles. The van der Waals surface area contributed by atoms with Gasteiger partial charge in [0.15, 0.2) is 0 Å². The summed E-state index contributed by atoms with van der Waals surface area (Å²) >= 11 is 0. The van der Waals surface area contributed by atoms with Gasteiger partial charge in [0, 0.05) is 43.8 Å². The van der Waals surface area contributed by atoms with E-state index in [1.807, 2.05) is 37.3 Å². The molecule has 2 aromatic rings. The smallest absolute Gasteiger partial charge is 0.238 e. The number of aryl methyl sites for hydroxylation is 1. The molecule has 0 spiro atoms. The van der Waals surface area contributed by atoms with Crippen molar-refractivity contribution in [2.45, 2.75) is 112 Å². The number of aromatic hydroxyl groups is 1. The molecule has 3 aliphatic carbocycles. The maximum absolute atomic E-state index is 13.7. The molecule has 8 nitrogen and oxygen atoms in total. The molecule has 1 saturated heterocycles. The molecule has 2 aromatic carbocycles. The van der Waals surface area contributed by atoms with E-state index in [9.17, 15) is 18.3 Å². The summed E-state index contributed by atoms with van der Waals surface area (Å²) in [4.78, 5) is 18.4. The lowest BCUT2D eigenvalue weighted by atomic mass is 9.45. The molecule has 6 rings (SSSR count). The Morgan fingerprint density at radius 1 is 1.08 bits per heavy atom. The Hall–Kier alpha value is -2.46. The van der Waals surface area contributed by atoms with E-state index in [0.717, 1.165) is 41.6 Å². The van der Waals surface area contributed by atoms with Crippen molar-refractivity contribution in [2.24, 2.45) is 28.6 Å². The van der Waals surface area contributed by atoms with Crippen molar-refractivity contribution in [1.29, 1.82) is 0 Å². The SMILES string of the molecule is Cc1ccc(CN(Cc2cccc(CN3C(C(=O)N[C@H]4C[C@@H]5C[C@H]([C@@H]4C)C5(C)C)CCS3(=O)=O)c2)[C@H](CN(C)C)CC(C)(C)C)c(O)c1. The second kappa shape index (κ2) is 14.0. The van der Waals surface area contributed by atoms with Crippen molar-refractivity contribution in [3.05, 3.63) is 64.7 Å². The van der Waals surface area contributed by atoms with Crippen molar-refractivity contribution in [1.82, 2.24) is 19.4 Å². The minimum absolute atomic E-state index is 0.00385. The molecule has 9 heteroatoms. The van der Waals surface area contributed by atoms with Gasteiger partial charge in [-0.25, -0.2) is 8.42 Å². The van der Waals surface area contributed by atoms with Crippen LogP contribution in [0.4, 0.5) is 0 Å². The number of likely N-dealkylation sites (N-methyl/N-ethyl adjacent to an activating group) is 1.